The summed E-state index contributed by atoms with van der Waals surface area (Å²) in [5.41, 5.74) is 3.21. The number of carboxylic acids is 1. The lowest BCUT2D eigenvalue weighted by molar-refractivity contribution is -0.142. The zero-order chi connectivity index (χ0) is 31.1. The Balaban J connectivity index is 1.40. The van der Waals surface area contributed by atoms with Crippen molar-refractivity contribution in [2.75, 3.05) is 20.8 Å². The number of thiazole rings is 1. The molecule has 0 spiro atoms. The summed E-state index contributed by atoms with van der Waals surface area (Å²) in [6, 6.07) is 21.4. The van der Waals surface area contributed by atoms with E-state index in [1.54, 1.807) is 49.6 Å². The number of amides is 1. The molecule has 1 amide bonds. The lowest BCUT2D eigenvalue weighted by Gasteiger charge is -2.28. The van der Waals surface area contributed by atoms with E-state index in [-0.39, 0.29) is 17.9 Å². The van der Waals surface area contributed by atoms with Crippen LogP contribution in [-0.2, 0) is 27.3 Å². The highest BCUT2D eigenvalue weighted by molar-refractivity contribution is 7.16. The van der Waals surface area contributed by atoms with Gasteiger partial charge in [-0.3, -0.25) is 14.3 Å². The zero-order valence-electron chi connectivity index (χ0n) is 24.8. The van der Waals surface area contributed by atoms with E-state index in [1.165, 1.54) is 14.2 Å². The first-order valence-corrected chi connectivity index (χ1v) is 14.5. The van der Waals surface area contributed by atoms with Crippen molar-refractivity contribution < 1.29 is 29.0 Å². The number of hydrogen-bond acceptors (Lipinski definition) is 8. The third-order valence-corrected chi connectivity index (χ3v) is 7.48. The molecule has 1 heterocycles. The number of aliphatic carboxylic acids is 1. The Morgan fingerprint density at radius 3 is 2.35 bits per heavy atom. The maximum absolute atomic E-state index is 12.8. The summed E-state index contributed by atoms with van der Waals surface area (Å²) in [5.74, 6) is -0.550. The van der Waals surface area contributed by atoms with Gasteiger partial charge in [0.15, 0.2) is 0 Å². The van der Waals surface area contributed by atoms with Gasteiger partial charge < -0.3 is 19.4 Å². The number of benzene rings is 3. The third kappa shape index (κ3) is 8.01. The molecule has 43 heavy (non-hydrogen) atoms. The molecule has 0 bridgehead atoms. The molecule has 10 nitrogen and oxygen atoms in total. The minimum absolute atomic E-state index is 0.0927. The van der Waals surface area contributed by atoms with Gasteiger partial charge in [0.25, 0.3) is 0 Å². The Bertz CT molecular complexity index is 1650. The van der Waals surface area contributed by atoms with Gasteiger partial charge >= 0.3 is 16.9 Å². The van der Waals surface area contributed by atoms with Crippen LogP contribution >= 0.6 is 11.3 Å². The largest absolute Gasteiger partial charge is 0.492 e. The molecule has 0 aliphatic carbocycles. The van der Waals surface area contributed by atoms with Crippen molar-refractivity contribution in [1.29, 1.82) is 0 Å². The second kappa shape index (κ2) is 13.6. The van der Waals surface area contributed by atoms with Gasteiger partial charge in [0.05, 0.1) is 16.8 Å². The van der Waals surface area contributed by atoms with Gasteiger partial charge in [-0.2, -0.15) is 0 Å². The molecule has 226 valence electrons. The highest BCUT2D eigenvalue weighted by Gasteiger charge is 2.30. The van der Waals surface area contributed by atoms with Crippen LogP contribution in [0, 0.1) is 0 Å². The molecule has 1 N–H and O–H groups in total. The van der Waals surface area contributed by atoms with Crippen molar-refractivity contribution in [2.24, 2.45) is 5.16 Å². The van der Waals surface area contributed by atoms with Crippen LogP contribution in [0.3, 0.4) is 0 Å². The van der Waals surface area contributed by atoms with Gasteiger partial charge in [0.2, 0.25) is 0 Å². The number of rotatable bonds is 11. The number of hydrogen-bond donors (Lipinski definition) is 1. The normalized spacial score (nSPS) is 12.5. The summed E-state index contributed by atoms with van der Waals surface area (Å²) >= 11 is 1.16. The van der Waals surface area contributed by atoms with Crippen LogP contribution in [-0.4, -0.2) is 64.8 Å². The van der Waals surface area contributed by atoms with Gasteiger partial charge in [-0.25, -0.2) is 9.59 Å². The lowest BCUT2D eigenvalue weighted by Crippen LogP contribution is -2.46. The fourth-order valence-electron chi connectivity index (χ4n) is 4.44. The minimum atomic E-state index is -1.13. The van der Waals surface area contributed by atoms with Crippen LogP contribution in [0.1, 0.15) is 37.5 Å². The minimum Gasteiger partial charge on any atom is -0.492 e. The van der Waals surface area contributed by atoms with Crippen LogP contribution in [0.15, 0.2) is 82.7 Å². The van der Waals surface area contributed by atoms with Crippen molar-refractivity contribution >= 4 is 39.3 Å². The average Bonchev–Trinajstić information content (AvgIpc) is 3.28. The van der Waals surface area contributed by atoms with Crippen LogP contribution in [0.5, 0.6) is 5.75 Å². The summed E-state index contributed by atoms with van der Waals surface area (Å²) in [5, 5.41) is 13.9. The number of likely N-dealkylation sites (N-methyl/N-ethyl adjacent to an activating group) is 1. The number of fused-ring (bicyclic) bond motifs is 1. The monoisotopic (exact) mass is 605 g/mol. The molecule has 1 aromatic heterocycles. The van der Waals surface area contributed by atoms with E-state index < -0.39 is 23.7 Å². The van der Waals surface area contributed by atoms with Gasteiger partial charge in [-0.05, 0) is 50.6 Å². The summed E-state index contributed by atoms with van der Waals surface area (Å²) in [4.78, 5) is 43.2. The van der Waals surface area contributed by atoms with Crippen LogP contribution < -0.4 is 9.61 Å². The number of oxime groups is 1. The molecule has 1 unspecified atom stereocenters. The van der Waals surface area contributed by atoms with Crippen molar-refractivity contribution in [2.45, 2.75) is 45.4 Å². The molecule has 4 aromatic rings. The molecule has 0 fully saturated rings. The number of ether oxygens (including phenoxy) is 2. The number of nitrogens with zero attached hydrogens (tertiary/aromatic N) is 3. The summed E-state index contributed by atoms with van der Waals surface area (Å²) in [6.45, 7) is 5.77. The van der Waals surface area contributed by atoms with Gasteiger partial charge in [0, 0.05) is 24.6 Å². The molecule has 3 aromatic carbocycles. The van der Waals surface area contributed by atoms with E-state index in [9.17, 15) is 19.5 Å². The number of carbonyl (C=O) groups is 2. The van der Waals surface area contributed by atoms with Crippen LogP contribution in [0.2, 0.25) is 0 Å². The molecule has 0 aliphatic heterocycles. The van der Waals surface area contributed by atoms with Crippen molar-refractivity contribution in [3.63, 3.8) is 0 Å². The average molecular weight is 606 g/mol. The fourth-order valence-corrected chi connectivity index (χ4v) is 5.39. The molecule has 4 rings (SSSR count). The van der Waals surface area contributed by atoms with Gasteiger partial charge in [-0.15, -0.1) is 0 Å². The van der Waals surface area contributed by atoms with Gasteiger partial charge in [0.1, 0.15) is 36.8 Å². The molecule has 0 radical (unpaired) electrons. The highest BCUT2D eigenvalue weighted by atomic mass is 32.1. The van der Waals surface area contributed by atoms with Crippen molar-refractivity contribution in [3.05, 3.63) is 99.2 Å². The predicted octanol–water partition coefficient (Wildman–Crippen LogP) is 5.40. The molecule has 11 heteroatoms. The number of carbonyl (C=O) groups excluding carboxylic acids is 1. The standard InChI is InChI=1S/C32H35N3O7S/c1-32(2,3)42-30(38)34(4)26(29(36)37)19-21-11-14-24(15-12-21)41-18-17-35-25-16-13-23(20-27(25)43-31(35)39)28(33-40-5)22-9-7-6-8-10-22/h6-16,20,26H,17-19H2,1-5H3,(H,36,37)/b33-28+. The van der Waals surface area contributed by atoms with Crippen LogP contribution in [0.25, 0.3) is 10.2 Å². The quantitative estimate of drug-likeness (QED) is 0.180. The van der Waals surface area contributed by atoms with Crippen LogP contribution in [0.4, 0.5) is 4.79 Å². The first-order valence-electron chi connectivity index (χ1n) is 13.7. The van der Waals surface area contributed by atoms with E-state index in [2.05, 4.69) is 5.16 Å². The van der Waals surface area contributed by atoms with E-state index >= 15 is 0 Å². The second-order valence-electron chi connectivity index (χ2n) is 10.8. The number of carboxylic acid groups (broad SMARTS) is 1. The summed E-state index contributed by atoms with van der Waals surface area (Å²) in [6.07, 6.45) is -0.600. The molecular formula is C32H35N3O7S. The smallest absolute Gasteiger partial charge is 0.410 e. The van der Waals surface area contributed by atoms with E-state index in [0.717, 1.165) is 43.1 Å². The van der Waals surface area contributed by atoms with E-state index in [0.29, 0.717) is 18.0 Å². The summed E-state index contributed by atoms with van der Waals surface area (Å²) in [7, 11) is 2.92. The molecule has 1 atom stereocenters. The Kier molecular flexibility index (Phi) is 9.87. The lowest BCUT2D eigenvalue weighted by atomic mass is 10.0. The Morgan fingerprint density at radius 1 is 1.02 bits per heavy atom. The van der Waals surface area contributed by atoms with Crippen molar-refractivity contribution in [3.8, 4) is 5.75 Å². The van der Waals surface area contributed by atoms with E-state index in [1.807, 2.05) is 48.5 Å². The topological polar surface area (TPSA) is 120 Å². The third-order valence-electron chi connectivity index (χ3n) is 6.54. The summed E-state index contributed by atoms with van der Waals surface area (Å²) < 4.78 is 13.7. The second-order valence-corrected chi connectivity index (χ2v) is 11.8. The Hall–Kier alpha value is -4.64. The Labute approximate surface area is 253 Å². The maximum atomic E-state index is 12.8. The zero-order valence-corrected chi connectivity index (χ0v) is 25.6. The first-order chi connectivity index (χ1) is 20.5. The number of aromatic nitrogens is 1. The predicted molar refractivity (Wildman–Crippen MR) is 166 cm³/mol. The molecule has 0 saturated heterocycles. The molecular weight excluding hydrogens is 570 g/mol. The van der Waals surface area contributed by atoms with Crippen molar-refractivity contribution in [1.82, 2.24) is 9.47 Å². The SMILES string of the molecule is CO/N=C(\c1ccccc1)c1ccc2c(c1)sc(=O)n2CCOc1ccc(CC(C(=O)O)N(C)C(=O)OC(C)(C)C)cc1. The fraction of sp³-hybridized carbons (Fsp3) is 0.312. The first kappa shape index (κ1) is 31.3. The Morgan fingerprint density at radius 2 is 1.72 bits per heavy atom. The highest BCUT2D eigenvalue weighted by Crippen LogP contribution is 2.22. The molecule has 0 saturated carbocycles. The maximum Gasteiger partial charge on any atom is 0.410 e. The molecule has 0 aliphatic rings. The van der Waals surface area contributed by atoms with E-state index in [4.69, 9.17) is 14.3 Å². The van der Waals surface area contributed by atoms with Gasteiger partial charge in [-0.1, -0.05) is 65.0 Å².